The number of hydrogen-bond acceptors (Lipinski definition) is 1. The number of rotatable bonds is 3. The maximum absolute atomic E-state index is 13.3. The van der Waals surface area contributed by atoms with Gasteiger partial charge in [0.15, 0.2) is 5.78 Å². The van der Waals surface area contributed by atoms with Gasteiger partial charge < -0.3 is 0 Å². The molecular formula is C14H9BrFIO. The Morgan fingerprint density at radius 1 is 1.17 bits per heavy atom. The van der Waals surface area contributed by atoms with Crippen molar-refractivity contribution in [3.63, 3.8) is 0 Å². The lowest BCUT2D eigenvalue weighted by atomic mass is 10.0. The molecule has 1 nitrogen and oxygen atoms in total. The first-order valence-electron chi connectivity index (χ1n) is 5.29. The molecule has 0 heterocycles. The van der Waals surface area contributed by atoms with E-state index < -0.39 is 5.82 Å². The van der Waals surface area contributed by atoms with Crippen molar-refractivity contribution in [3.05, 3.63) is 67.5 Å². The predicted molar refractivity (Wildman–Crippen MR) is 81.3 cm³/mol. The Bertz CT molecular complexity index is 581. The van der Waals surface area contributed by atoms with Crippen LogP contribution in [0.4, 0.5) is 4.39 Å². The van der Waals surface area contributed by atoms with Crippen LogP contribution in [0.1, 0.15) is 15.9 Å². The van der Waals surface area contributed by atoms with Crippen molar-refractivity contribution in [3.8, 4) is 0 Å². The number of Topliss-reactive ketones (excluding diaryl/α,β-unsaturated/α-hetero) is 1. The lowest BCUT2D eigenvalue weighted by molar-refractivity contribution is 0.0992. The van der Waals surface area contributed by atoms with E-state index in [-0.39, 0.29) is 12.2 Å². The van der Waals surface area contributed by atoms with Crippen LogP contribution in [0.3, 0.4) is 0 Å². The second-order valence-electron chi connectivity index (χ2n) is 3.86. The zero-order chi connectivity index (χ0) is 13.1. The Kier molecular flexibility index (Phi) is 4.50. The molecule has 2 aromatic carbocycles. The highest BCUT2D eigenvalue weighted by Gasteiger charge is 2.09. The van der Waals surface area contributed by atoms with E-state index in [1.54, 1.807) is 12.1 Å². The second-order valence-corrected chi connectivity index (χ2v) is 5.96. The summed E-state index contributed by atoms with van der Waals surface area (Å²) in [5.41, 5.74) is 1.33. The van der Waals surface area contributed by atoms with Crippen molar-refractivity contribution in [2.45, 2.75) is 6.42 Å². The number of halogens is 3. The molecule has 0 aliphatic carbocycles. The molecule has 0 fully saturated rings. The van der Waals surface area contributed by atoms with Gasteiger partial charge in [-0.3, -0.25) is 4.79 Å². The van der Waals surface area contributed by atoms with E-state index in [1.165, 1.54) is 6.07 Å². The summed E-state index contributed by atoms with van der Waals surface area (Å²) in [5, 5.41) is 0. The summed E-state index contributed by atoms with van der Waals surface area (Å²) < 4.78 is 14.8. The molecule has 92 valence electrons. The summed E-state index contributed by atoms with van der Waals surface area (Å²) in [6.45, 7) is 0. The maximum Gasteiger partial charge on any atom is 0.167 e. The summed E-state index contributed by atoms with van der Waals surface area (Å²) in [7, 11) is 0. The Morgan fingerprint density at radius 2 is 1.83 bits per heavy atom. The lowest BCUT2D eigenvalue weighted by Gasteiger charge is -2.03. The first-order chi connectivity index (χ1) is 8.56. The molecule has 0 bridgehead atoms. The molecule has 0 amide bonds. The monoisotopic (exact) mass is 418 g/mol. The van der Waals surface area contributed by atoms with E-state index in [0.29, 0.717) is 10.0 Å². The fraction of sp³-hybridized carbons (Fsp3) is 0.0714. The zero-order valence-electron chi connectivity index (χ0n) is 9.29. The van der Waals surface area contributed by atoms with Crippen LogP contribution < -0.4 is 0 Å². The molecule has 0 aliphatic heterocycles. The second kappa shape index (κ2) is 5.93. The molecule has 0 unspecified atom stereocenters. The quantitative estimate of drug-likeness (QED) is 0.525. The number of carbonyl (C=O) groups excluding carboxylic acids is 1. The van der Waals surface area contributed by atoms with Crippen molar-refractivity contribution in [1.82, 2.24) is 0 Å². The van der Waals surface area contributed by atoms with Gasteiger partial charge in [-0.25, -0.2) is 4.39 Å². The first-order valence-corrected chi connectivity index (χ1v) is 7.16. The van der Waals surface area contributed by atoms with Gasteiger partial charge in [0.25, 0.3) is 0 Å². The Morgan fingerprint density at radius 3 is 2.44 bits per heavy atom. The molecule has 4 heteroatoms. The SMILES string of the molecule is O=C(Cc1ccc(I)cc1)c1ccc(Br)c(F)c1. The average Bonchev–Trinajstić information content (AvgIpc) is 2.35. The van der Waals surface area contributed by atoms with Crippen molar-refractivity contribution < 1.29 is 9.18 Å². The number of ketones is 1. The van der Waals surface area contributed by atoms with Gasteiger partial charge in [-0.1, -0.05) is 18.2 Å². The maximum atomic E-state index is 13.3. The molecule has 0 spiro atoms. The molecule has 0 saturated carbocycles. The average molecular weight is 419 g/mol. The molecular weight excluding hydrogens is 410 g/mol. The highest BCUT2D eigenvalue weighted by molar-refractivity contribution is 14.1. The van der Waals surface area contributed by atoms with Crippen LogP contribution in [0.15, 0.2) is 46.9 Å². The molecule has 0 N–H and O–H groups in total. The molecule has 18 heavy (non-hydrogen) atoms. The first kappa shape index (κ1) is 13.7. The molecule has 0 radical (unpaired) electrons. The minimum absolute atomic E-state index is 0.0809. The van der Waals surface area contributed by atoms with Crippen LogP contribution in [0, 0.1) is 9.39 Å². The third-order valence-corrected chi connectivity index (χ3v) is 3.88. The van der Waals surface area contributed by atoms with E-state index in [9.17, 15) is 9.18 Å². The lowest BCUT2D eigenvalue weighted by Crippen LogP contribution is -2.04. The van der Waals surface area contributed by atoms with Gasteiger partial charge in [0.1, 0.15) is 5.82 Å². The van der Waals surface area contributed by atoms with E-state index in [4.69, 9.17) is 0 Å². The molecule has 0 aliphatic rings. The zero-order valence-corrected chi connectivity index (χ0v) is 13.0. The van der Waals surface area contributed by atoms with Crippen molar-refractivity contribution >= 4 is 44.3 Å². The van der Waals surface area contributed by atoms with Crippen LogP contribution in [0.2, 0.25) is 0 Å². The predicted octanol–water partition coefficient (Wildman–Crippen LogP) is 4.62. The molecule has 0 aromatic heterocycles. The fourth-order valence-corrected chi connectivity index (χ4v) is 2.17. The van der Waals surface area contributed by atoms with Crippen LogP contribution >= 0.6 is 38.5 Å². The van der Waals surface area contributed by atoms with E-state index in [2.05, 4.69) is 38.5 Å². The van der Waals surface area contributed by atoms with Crippen LogP contribution in [-0.2, 0) is 6.42 Å². The molecule has 0 saturated heterocycles. The summed E-state index contributed by atoms with van der Waals surface area (Å²) in [4.78, 5) is 12.0. The van der Waals surface area contributed by atoms with E-state index in [1.807, 2.05) is 24.3 Å². The molecule has 2 rings (SSSR count). The van der Waals surface area contributed by atoms with E-state index in [0.717, 1.165) is 9.13 Å². The highest BCUT2D eigenvalue weighted by atomic mass is 127. The minimum Gasteiger partial charge on any atom is -0.294 e. The summed E-state index contributed by atoms with van der Waals surface area (Å²) >= 11 is 5.28. The van der Waals surface area contributed by atoms with Crippen LogP contribution in [0.25, 0.3) is 0 Å². The van der Waals surface area contributed by atoms with E-state index >= 15 is 0 Å². The molecule has 0 atom stereocenters. The van der Waals surface area contributed by atoms with Gasteiger partial charge in [-0.15, -0.1) is 0 Å². The Labute approximate surface area is 127 Å². The van der Waals surface area contributed by atoms with Crippen LogP contribution in [-0.4, -0.2) is 5.78 Å². The van der Waals surface area contributed by atoms with Crippen molar-refractivity contribution in [1.29, 1.82) is 0 Å². The summed E-state index contributed by atoms with van der Waals surface area (Å²) in [5.74, 6) is -0.494. The third kappa shape index (κ3) is 3.38. The largest absolute Gasteiger partial charge is 0.294 e. The Balaban J connectivity index is 2.16. The standard InChI is InChI=1S/C14H9BrFIO/c15-12-6-3-10(8-13(12)16)14(18)7-9-1-4-11(17)5-2-9/h1-6,8H,7H2. The van der Waals surface area contributed by atoms with Gasteiger partial charge in [0, 0.05) is 15.6 Å². The van der Waals surface area contributed by atoms with Gasteiger partial charge in [0.2, 0.25) is 0 Å². The summed E-state index contributed by atoms with van der Waals surface area (Å²) in [6, 6.07) is 12.2. The van der Waals surface area contributed by atoms with Gasteiger partial charge in [-0.05, 0) is 68.3 Å². The van der Waals surface area contributed by atoms with Crippen molar-refractivity contribution in [2.24, 2.45) is 0 Å². The number of hydrogen-bond donors (Lipinski definition) is 0. The normalized spacial score (nSPS) is 10.4. The third-order valence-electron chi connectivity index (χ3n) is 2.52. The fourth-order valence-electron chi connectivity index (χ4n) is 1.56. The minimum atomic E-state index is -0.413. The van der Waals surface area contributed by atoms with Crippen LogP contribution in [0.5, 0.6) is 0 Å². The van der Waals surface area contributed by atoms with Gasteiger partial charge in [-0.2, -0.15) is 0 Å². The molecule has 2 aromatic rings. The Hall–Kier alpha value is -0.750. The van der Waals surface area contributed by atoms with Crippen molar-refractivity contribution in [2.75, 3.05) is 0 Å². The number of benzene rings is 2. The highest BCUT2D eigenvalue weighted by Crippen LogP contribution is 2.18. The topological polar surface area (TPSA) is 17.1 Å². The number of carbonyl (C=O) groups is 1. The summed E-state index contributed by atoms with van der Waals surface area (Å²) in [6.07, 6.45) is 0.290. The van der Waals surface area contributed by atoms with Gasteiger partial charge in [0.05, 0.1) is 4.47 Å². The van der Waals surface area contributed by atoms with Gasteiger partial charge >= 0.3 is 0 Å². The smallest absolute Gasteiger partial charge is 0.167 e.